The molecule has 0 aliphatic carbocycles. The van der Waals surface area contributed by atoms with Crippen LogP contribution >= 0.6 is 23.6 Å². The summed E-state index contributed by atoms with van der Waals surface area (Å²) in [5, 5.41) is 5.98. The molecule has 0 aliphatic rings. The average Bonchev–Trinajstić information content (AvgIpc) is 2.80. The highest BCUT2D eigenvalue weighted by atomic mass is 32.1. The van der Waals surface area contributed by atoms with Crippen LogP contribution in [0, 0.1) is 5.82 Å². The molecule has 1 heterocycles. The number of benzene rings is 1. The standard InChI is InChI=1S/C11H10FN3S2/c12-7-1-2-9(8(5-7)11(13)16)15-6-10-14-3-4-17-10/h1-5,15H,6H2,(H2,13,16). The van der Waals surface area contributed by atoms with Crippen LogP contribution in [0.5, 0.6) is 0 Å². The Bertz CT molecular complexity index is 526. The van der Waals surface area contributed by atoms with Crippen LogP contribution in [0.1, 0.15) is 10.6 Å². The van der Waals surface area contributed by atoms with E-state index in [0.717, 1.165) is 5.01 Å². The van der Waals surface area contributed by atoms with E-state index >= 15 is 0 Å². The quantitative estimate of drug-likeness (QED) is 0.836. The summed E-state index contributed by atoms with van der Waals surface area (Å²) in [7, 11) is 0. The molecule has 0 aliphatic heterocycles. The number of nitrogens with one attached hydrogen (secondary N) is 1. The first kappa shape index (κ1) is 11.9. The fourth-order valence-corrected chi connectivity index (χ4v) is 2.11. The first-order chi connectivity index (χ1) is 8.16. The third-order valence-electron chi connectivity index (χ3n) is 2.16. The molecule has 0 fully saturated rings. The second-order valence-corrected chi connectivity index (χ2v) is 4.75. The van der Waals surface area contributed by atoms with Gasteiger partial charge in [-0.3, -0.25) is 0 Å². The monoisotopic (exact) mass is 267 g/mol. The molecule has 17 heavy (non-hydrogen) atoms. The molecular formula is C11H10FN3S2. The molecule has 0 saturated carbocycles. The van der Waals surface area contributed by atoms with Crippen LogP contribution in [0.25, 0.3) is 0 Å². The Balaban J connectivity index is 2.17. The largest absolute Gasteiger partial charge is 0.389 e. The zero-order valence-electron chi connectivity index (χ0n) is 8.81. The van der Waals surface area contributed by atoms with Crippen molar-refractivity contribution in [3.63, 3.8) is 0 Å². The summed E-state index contributed by atoms with van der Waals surface area (Å²) >= 11 is 6.43. The number of nitrogens with zero attached hydrogens (tertiary/aromatic N) is 1. The summed E-state index contributed by atoms with van der Waals surface area (Å²) in [5.74, 6) is -0.354. The minimum absolute atomic E-state index is 0.172. The molecule has 0 saturated heterocycles. The van der Waals surface area contributed by atoms with Crippen LogP contribution in [0.4, 0.5) is 10.1 Å². The molecule has 0 radical (unpaired) electrons. The van der Waals surface area contributed by atoms with Gasteiger partial charge in [-0.1, -0.05) is 12.2 Å². The average molecular weight is 267 g/mol. The van der Waals surface area contributed by atoms with Crippen molar-refractivity contribution in [2.24, 2.45) is 5.73 Å². The van der Waals surface area contributed by atoms with Crippen molar-refractivity contribution in [1.82, 2.24) is 4.98 Å². The molecule has 3 nitrogen and oxygen atoms in total. The van der Waals surface area contributed by atoms with Gasteiger partial charge in [0.15, 0.2) is 0 Å². The second kappa shape index (κ2) is 5.20. The summed E-state index contributed by atoms with van der Waals surface area (Å²) in [6, 6.07) is 4.32. The third kappa shape index (κ3) is 2.98. The Kier molecular flexibility index (Phi) is 3.65. The van der Waals surface area contributed by atoms with E-state index in [-0.39, 0.29) is 10.8 Å². The van der Waals surface area contributed by atoms with Gasteiger partial charge in [0.05, 0.1) is 6.54 Å². The highest BCUT2D eigenvalue weighted by Crippen LogP contribution is 2.18. The van der Waals surface area contributed by atoms with Gasteiger partial charge < -0.3 is 11.1 Å². The fraction of sp³-hybridized carbons (Fsp3) is 0.0909. The minimum atomic E-state index is -0.354. The van der Waals surface area contributed by atoms with Crippen LogP contribution in [0.15, 0.2) is 29.8 Å². The van der Waals surface area contributed by atoms with E-state index in [2.05, 4.69) is 10.3 Å². The lowest BCUT2D eigenvalue weighted by Gasteiger charge is -2.10. The SMILES string of the molecule is NC(=S)c1cc(F)ccc1NCc1nccs1. The number of nitrogens with two attached hydrogens (primary N) is 1. The molecule has 6 heteroatoms. The molecule has 0 atom stereocenters. The topological polar surface area (TPSA) is 50.9 Å². The van der Waals surface area contributed by atoms with E-state index in [4.69, 9.17) is 18.0 Å². The Labute approximate surface area is 107 Å². The Morgan fingerprint density at radius 3 is 3.00 bits per heavy atom. The van der Waals surface area contributed by atoms with Crippen LogP contribution in [-0.4, -0.2) is 9.97 Å². The number of hydrogen-bond donors (Lipinski definition) is 2. The van der Waals surface area contributed by atoms with Gasteiger partial charge in [-0.25, -0.2) is 9.37 Å². The molecule has 88 valence electrons. The van der Waals surface area contributed by atoms with Crippen molar-refractivity contribution in [3.05, 3.63) is 46.2 Å². The number of aromatic nitrogens is 1. The predicted octanol–water partition coefficient (Wildman–Crippen LogP) is 2.53. The first-order valence-electron chi connectivity index (χ1n) is 4.88. The van der Waals surface area contributed by atoms with Crippen molar-refractivity contribution in [3.8, 4) is 0 Å². The smallest absolute Gasteiger partial charge is 0.124 e. The van der Waals surface area contributed by atoms with Crippen molar-refractivity contribution in [1.29, 1.82) is 0 Å². The van der Waals surface area contributed by atoms with Crippen LogP contribution in [0.3, 0.4) is 0 Å². The molecule has 0 amide bonds. The number of thiocarbonyl (C=S) groups is 1. The summed E-state index contributed by atoms with van der Waals surface area (Å²) in [4.78, 5) is 4.31. The molecule has 1 aromatic heterocycles. The molecule has 0 unspecified atom stereocenters. The first-order valence-corrected chi connectivity index (χ1v) is 6.17. The van der Waals surface area contributed by atoms with Crippen LogP contribution < -0.4 is 11.1 Å². The molecule has 0 spiro atoms. The van der Waals surface area contributed by atoms with Gasteiger partial charge in [-0.2, -0.15) is 0 Å². The zero-order valence-corrected chi connectivity index (χ0v) is 10.4. The van der Waals surface area contributed by atoms with Crippen molar-refractivity contribution in [2.75, 3.05) is 5.32 Å². The predicted molar refractivity (Wildman–Crippen MR) is 71.7 cm³/mol. The van der Waals surface area contributed by atoms with E-state index in [1.54, 1.807) is 23.6 Å². The van der Waals surface area contributed by atoms with Gasteiger partial charge in [0.1, 0.15) is 15.8 Å². The Hall–Kier alpha value is -1.53. The van der Waals surface area contributed by atoms with E-state index in [1.165, 1.54) is 12.1 Å². The van der Waals surface area contributed by atoms with Gasteiger partial charge in [0.25, 0.3) is 0 Å². The molecule has 3 N–H and O–H groups in total. The van der Waals surface area contributed by atoms with Gasteiger partial charge in [0.2, 0.25) is 0 Å². The maximum Gasteiger partial charge on any atom is 0.124 e. The Morgan fingerprint density at radius 1 is 1.53 bits per heavy atom. The lowest BCUT2D eigenvalue weighted by atomic mass is 10.1. The molecule has 0 bridgehead atoms. The van der Waals surface area contributed by atoms with E-state index in [1.807, 2.05) is 5.38 Å². The lowest BCUT2D eigenvalue weighted by molar-refractivity contribution is 0.627. The van der Waals surface area contributed by atoms with Crippen molar-refractivity contribution >= 4 is 34.2 Å². The van der Waals surface area contributed by atoms with Crippen molar-refractivity contribution < 1.29 is 4.39 Å². The zero-order chi connectivity index (χ0) is 12.3. The Morgan fingerprint density at radius 2 is 2.35 bits per heavy atom. The number of rotatable bonds is 4. The van der Waals surface area contributed by atoms with Crippen LogP contribution in [-0.2, 0) is 6.54 Å². The molecule has 2 rings (SSSR count). The molecular weight excluding hydrogens is 257 g/mol. The summed E-state index contributed by atoms with van der Waals surface area (Å²) in [6.07, 6.45) is 1.74. The second-order valence-electron chi connectivity index (χ2n) is 3.33. The van der Waals surface area contributed by atoms with Crippen LogP contribution in [0.2, 0.25) is 0 Å². The third-order valence-corrected chi connectivity index (χ3v) is 3.16. The fourth-order valence-electron chi connectivity index (χ4n) is 1.39. The minimum Gasteiger partial charge on any atom is -0.389 e. The highest BCUT2D eigenvalue weighted by molar-refractivity contribution is 7.80. The van der Waals surface area contributed by atoms with Gasteiger partial charge in [-0.15, -0.1) is 11.3 Å². The summed E-state index contributed by atoms with van der Waals surface area (Å²) in [5.41, 5.74) is 6.77. The van der Waals surface area contributed by atoms with Gasteiger partial charge >= 0.3 is 0 Å². The van der Waals surface area contributed by atoms with E-state index in [9.17, 15) is 4.39 Å². The van der Waals surface area contributed by atoms with E-state index < -0.39 is 0 Å². The molecule has 1 aromatic carbocycles. The molecule has 2 aromatic rings. The number of anilines is 1. The van der Waals surface area contributed by atoms with E-state index in [0.29, 0.717) is 17.8 Å². The number of halogens is 1. The van der Waals surface area contributed by atoms with Gasteiger partial charge in [-0.05, 0) is 18.2 Å². The number of hydrogen-bond acceptors (Lipinski definition) is 4. The number of thiazole rings is 1. The normalized spacial score (nSPS) is 10.2. The summed E-state index contributed by atoms with van der Waals surface area (Å²) in [6.45, 7) is 0.568. The maximum absolute atomic E-state index is 13.1. The highest BCUT2D eigenvalue weighted by Gasteiger charge is 2.07. The maximum atomic E-state index is 13.1. The summed E-state index contributed by atoms with van der Waals surface area (Å²) < 4.78 is 13.1. The van der Waals surface area contributed by atoms with Crippen molar-refractivity contribution in [2.45, 2.75) is 6.54 Å². The van der Waals surface area contributed by atoms with Gasteiger partial charge in [0, 0.05) is 22.8 Å². The lowest BCUT2D eigenvalue weighted by Crippen LogP contribution is -2.13.